The molecule has 212 valence electrons. The second kappa shape index (κ2) is 14.2. The smallest absolute Gasteiger partial charge is 0.494 e. The van der Waals surface area contributed by atoms with Crippen molar-refractivity contribution in [2.75, 3.05) is 19.4 Å². The van der Waals surface area contributed by atoms with Crippen LogP contribution in [0.4, 0.5) is 0 Å². The molecule has 0 fully saturated rings. The van der Waals surface area contributed by atoms with Crippen LogP contribution in [-0.2, 0) is 23.2 Å². The fourth-order valence-electron chi connectivity index (χ4n) is 4.47. The number of sulfonamides is 1. The van der Waals surface area contributed by atoms with E-state index < -0.39 is 21.5 Å². The maximum Gasteiger partial charge on any atom is 1.00 e. The summed E-state index contributed by atoms with van der Waals surface area (Å²) in [6.07, 6.45) is 1.71. The molecule has 0 spiro atoms. The molecule has 10 nitrogen and oxygen atoms in total. The molecule has 0 radical (unpaired) electrons. The normalized spacial score (nSPS) is 11.2. The summed E-state index contributed by atoms with van der Waals surface area (Å²) < 4.78 is 42.4. The van der Waals surface area contributed by atoms with E-state index in [-0.39, 0.29) is 36.1 Å². The second-order valence-electron chi connectivity index (χ2n) is 9.61. The third-order valence-electron chi connectivity index (χ3n) is 6.41. The zero-order valence-electron chi connectivity index (χ0n) is 23.9. The van der Waals surface area contributed by atoms with Crippen molar-refractivity contribution in [3.05, 3.63) is 103 Å². The standard InChI is InChI=1S/C29H33N3O7S.Na/c1-19-15-25(37-14-6-13-30-40(4,35)36)16-20(2)27(19)26-8-5-7-23(21(26)3)18-38-24-11-9-22(10-12-24)17-32-28(33)31-29(34)39-32;/h5,7-12,15-16,30H,6,13-14,17-18H2,1-4H3,(H,31,33,34);/q;+1/p-1. The molecule has 3 aromatic carbocycles. The number of ether oxygens (including phenoxy) is 2. The molecular weight excluding hydrogens is 557 g/mol. The Hall–Kier alpha value is -3.09. The molecule has 0 unspecified atom stereocenters. The Balaban J connectivity index is 0.00000462. The van der Waals surface area contributed by atoms with Gasteiger partial charge in [-0.3, -0.25) is 9.53 Å². The molecule has 41 heavy (non-hydrogen) atoms. The molecule has 0 aliphatic carbocycles. The van der Waals surface area contributed by atoms with E-state index in [2.05, 4.69) is 36.5 Å². The summed E-state index contributed by atoms with van der Waals surface area (Å²) >= 11 is 0. The number of hydrogen-bond acceptors (Lipinski definition) is 7. The van der Waals surface area contributed by atoms with Crippen molar-refractivity contribution >= 4 is 10.0 Å². The van der Waals surface area contributed by atoms with Gasteiger partial charge in [-0.1, -0.05) is 30.3 Å². The quantitative estimate of drug-likeness (QED) is 0.185. The summed E-state index contributed by atoms with van der Waals surface area (Å²) in [5, 5.41) is 0. The van der Waals surface area contributed by atoms with Crippen LogP contribution in [-0.4, -0.2) is 32.6 Å². The summed E-state index contributed by atoms with van der Waals surface area (Å²) in [5.41, 5.74) is 6.64. The van der Waals surface area contributed by atoms with E-state index in [1.807, 2.05) is 24.3 Å². The van der Waals surface area contributed by atoms with Crippen molar-refractivity contribution in [1.82, 2.24) is 14.4 Å². The van der Waals surface area contributed by atoms with E-state index in [4.69, 9.17) is 14.0 Å². The summed E-state index contributed by atoms with van der Waals surface area (Å²) in [4.78, 5) is 25.9. The molecule has 0 saturated carbocycles. The van der Waals surface area contributed by atoms with Gasteiger partial charge in [-0.25, -0.2) is 17.9 Å². The summed E-state index contributed by atoms with van der Waals surface area (Å²) in [6, 6.07) is 17.4. The first kappa shape index (κ1) is 32.4. The average molecular weight is 590 g/mol. The molecule has 12 heteroatoms. The Morgan fingerprint density at radius 3 is 2.24 bits per heavy atom. The first-order chi connectivity index (χ1) is 19.0. The minimum absolute atomic E-state index is 0. The zero-order valence-corrected chi connectivity index (χ0v) is 26.7. The third-order valence-corrected chi connectivity index (χ3v) is 7.14. The first-order valence-corrected chi connectivity index (χ1v) is 14.6. The minimum Gasteiger partial charge on any atom is -0.494 e. The van der Waals surface area contributed by atoms with Gasteiger partial charge in [0.15, 0.2) is 5.69 Å². The van der Waals surface area contributed by atoms with Crippen molar-refractivity contribution in [3.63, 3.8) is 0 Å². The Kier molecular flexibility index (Phi) is 11.2. The van der Waals surface area contributed by atoms with Crippen molar-refractivity contribution in [1.29, 1.82) is 0 Å². The fourth-order valence-corrected chi connectivity index (χ4v) is 4.98. The number of rotatable bonds is 12. The molecule has 0 amide bonds. The Morgan fingerprint density at radius 2 is 1.63 bits per heavy atom. The largest absolute Gasteiger partial charge is 1.00 e. The van der Waals surface area contributed by atoms with Crippen molar-refractivity contribution in [3.8, 4) is 22.6 Å². The van der Waals surface area contributed by atoms with E-state index in [9.17, 15) is 18.0 Å². The predicted octanol–water partition coefficient (Wildman–Crippen LogP) is 0.300. The van der Waals surface area contributed by atoms with Gasteiger partial charge >= 0.3 is 35.3 Å². The van der Waals surface area contributed by atoms with Gasteiger partial charge in [-0.05, 0) is 90.4 Å². The molecule has 0 bridgehead atoms. The second-order valence-corrected chi connectivity index (χ2v) is 11.4. The van der Waals surface area contributed by atoms with Gasteiger partial charge in [0.2, 0.25) is 10.0 Å². The monoisotopic (exact) mass is 589 g/mol. The molecule has 1 N–H and O–H groups in total. The molecular formula is C29H32N3NaO7S. The first-order valence-electron chi connectivity index (χ1n) is 12.7. The summed E-state index contributed by atoms with van der Waals surface area (Å²) in [7, 11) is -3.20. The number of hydrogen-bond donors (Lipinski definition) is 1. The van der Waals surface area contributed by atoms with Gasteiger partial charge < -0.3 is 19.0 Å². The van der Waals surface area contributed by atoms with E-state index >= 15 is 0 Å². The van der Waals surface area contributed by atoms with Crippen LogP contribution in [0, 0.1) is 20.8 Å². The van der Waals surface area contributed by atoms with Crippen LogP contribution in [0.2, 0.25) is 0 Å². The number of aryl methyl sites for hydroxylation is 2. The molecule has 0 aliphatic heterocycles. The van der Waals surface area contributed by atoms with Gasteiger partial charge in [-0.2, -0.15) is 0 Å². The van der Waals surface area contributed by atoms with E-state index in [1.54, 1.807) is 24.3 Å². The average Bonchev–Trinajstić information content (AvgIpc) is 3.20. The van der Waals surface area contributed by atoms with Crippen molar-refractivity contribution in [2.24, 2.45) is 0 Å². The van der Waals surface area contributed by atoms with Crippen LogP contribution < -0.4 is 60.2 Å². The van der Waals surface area contributed by atoms with Gasteiger partial charge in [0.05, 0.1) is 12.9 Å². The fraction of sp³-hybridized carbons (Fsp3) is 0.310. The van der Waals surface area contributed by atoms with Crippen LogP contribution in [0.1, 0.15) is 34.2 Å². The molecule has 0 aliphatic rings. The number of aromatic nitrogens is 2. The Bertz CT molecular complexity index is 1680. The van der Waals surface area contributed by atoms with Crippen LogP contribution in [0.15, 0.2) is 68.7 Å². The molecule has 1 aromatic heterocycles. The van der Waals surface area contributed by atoms with E-state index in [0.29, 0.717) is 31.9 Å². The maximum atomic E-state index is 11.6. The predicted molar refractivity (Wildman–Crippen MR) is 151 cm³/mol. The number of benzene rings is 3. The molecule has 4 aromatic rings. The summed E-state index contributed by atoms with van der Waals surface area (Å²) in [5.74, 6) is 0.512. The van der Waals surface area contributed by atoms with Crippen LogP contribution in [0.3, 0.4) is 0 Å². The summed E-state index contributed by atoms with van der Waals surface area (Å²) in [6.45, 7) is 7.41. The maximum absolute atomic E-state index is 11.6. The van der Waals surface area contributed by atoms with Crippen molar-refractivity contribution < 1.29 is 52.0 Å². The van der Waals surface area contributed by atoms with Gasteiger partial charge in [-0.15, -0.1) is 0 Å². The molecule has 1 heterocycles. The zero-order chi connectivity index (χ0) is 28.9. The van der Waals surface area contributed by atoms with Crippen LogP contribution in [0.25, 0.3) is 11.1 Å². The number of nitrogens with one attached hydrogen (secondary N) is 1. The van der Waals surface area contributed by atoms with Crippen LogP contribution >= 0.6 is 0 Å². The van der Waals surface area contributed by atoms with E-state index in [1.165, 1.54) is 0 Å². The number of nitrogens with zero attached hydrogens (tertiary/aromatic N) is 2. The van der Waals surface area contributed by atoms with Crippen LogP contribution in [0.5, 0.6) is 11.5 Å². The van der Waals surface area contributed by atoms with E-state index in [0.717, 1.165) is 55.7 Å². The minimum atomic E-state index is -3.20. The molecule has 0 atom stereocenters. The third kappa shape index (κ3) is 8.95. The van der Waals surface area contributed by atoms with Gasteiger partial charge in [0.1, 0.15) is 18.1 Å². The Morgan fingerprint density at radius 1 is 0.951 bits per heavy atom. The Labute approximate surface area is 261 Å². The van der Waals surface area contributed by atoms with Gasteiger partial charge in [0.25, 0.3) is 0 Å². The van der Waals surface area contributed by atoms with Crippen molar-refractivity contribution in [2.45, 2.75) is 40.3 Å². The van der Waals surface area contributed by atoms with Gasteiger partial charge in [0, 0.05) is 13.1 Å². The molecule has 0 saturated heterocycles. The SMILES string of the molecule is Cc1cc(OCCCNS(C)(=O)=O)cc(C)c1-c1cccc(COc2ccc(Cn3oc(=O)[n-]c3=O)cc2)c1C.[Na+]. The topological polar surface area (TPSA) is 131 Å². The molecule has 4 rings (SSSR count).